The normalized spacial score (nSPS) is 12.4. The van der Waals surface area contributed by atoms with Gasteiger partial charge in [-0.25, -0.2) is 0 Å². The molecule has 0 fully saturated rings. The molecule has 1 nitrogen and oxygen atoms in total. The molecule has 0 aliphatic rings. The van der Waals surface area contributed by atoms with E-state index in [4.69, 9.17) is 0 Å². The highest BCUT2D eigenvalue weighted by molar-refractivity contribution is 7.84. The number of fused-ring (bicyclic) bond motifs is 1. The van der Waals surface area contributed by atoms with Crippen molar-refractivity contribution in [3.05, 3.63) is 77.9 Å². The minimum absolute atomic E-state index is 0.569. The van der Waals surface area contributed by atoms with Crippen molar-refractivity contribution in [1.29, 1.82) is 0 Å². The van der Waals surface area contributed by atoms with Crippen LogP contribution < -0.4 is 0 Å². The van der Waals surface area contributed by atoms with Gasteiger partial charge in [-0.3, -0.25) is 4.21 Å². The zero-order valence-electron chi connectivity index (χ0n) is 11.4. The van der Waals surface area contributed by atoms with Crippen molar-refractivity contribution in [3.63, 3.8) is 0 Å². The third-order valence-corrected chi connectivity index (χ3v) is 4.74. The summed E-state index contributed by atoms with van der Waals surface area (Å²) in [5.41, 5.74) is 2.33. The van der Waals surface area contributed by atoms with E-state index in [2.05, 4.69) is 31.2 Å². The maximum absolute atomic E-state index is 12.5. The Morgan fingerprint density at radius 1 is 0.850 bits per heavy atom. The lowest BCUT2D eigenvalue weighted by Gasteiger charge is -2.05. The summed E-state index contributed by atoms with van der Waals surface area (Å²) in [6.45, 7) is 2.06. The fraction of sp³-hybridized carbons (Fsp3) is 0.111. The summed E-state index contributed by atoms with van der Waals surface area (Å²) >= 11 is 0. The summed E-state index contributed by atoms with van der Waals surface area (Å²) in [7, 11) is -0.999. The van der Waals surface area contributed by atoms with E-state index >= 15 is 0 Å². The summed E-state index contributed by atoms with van der Waals surface area (Å²) in [6, 6.07) is 22.4. The highest BCUT2D eigenvalue weighted by Crippen LogP contribution is 2.20. The van der Waals surface area contributed by atoms with Crippen LogP contribution in [0, 0.1) is 6.92 Å². The minimum atomic E-state index is -0.999. The molecule has 0 bridgehead atoms. The maximum atomic E-state index is 12.5. The maximum Gasteiger partial charge on any atom is 0.0574 e. The van der Waals surface area contributed by atoms with Gasteiger partial charge in [0, 0.05) is 4.90 Å². The van der Waals surface area contributed by atoms with Crippen LogP contribution in [-0.4, -0.2) is 4.21 Å². The van der Waals surface area contributed by atoms with Gasteiger partial charge >= 0.3 is 0 Å². The number of hydrogen-bond acceptors (Lipinski definition) is 1. The Bertz CT molecular complexity index is 777. The summed E-state index contributed by atoms with van der Waals surface area (Å²) < 4.78 is 12.5. The summed E-state index contributed by atoms with van der Waals surface area (Å²) in [5.74, 6) is 0.569. The van der Waals surface area contributed by atoms with Gasteiger partial charge in [-0.2, -0.15) is 0 Å². The van der Waals surface area contributed by atoms with Gasteiger partial charge in [0.15, 0.2) is 0 Å². The second-order valence-electron chi connectivity index (χ2n) is 4.99. The number of hydrogen-bond donors (Lipinski definition) is 0. The van der Waals surface area contributed by atoms with Crippen molar-refractivity contribution in [2.75, 3.05) is 0 Å². The molecule has 0 spiro atoms. The van der Waals surface area contributed by atoms with Crippen LogP contribution in [-0.2, 0) is 16.6 Å². The van der Waals surface area contributed by atoms with Crippen LogP contribution in [0.3, 0.4) is 0 Å². The molecule has 0 aliphatic heterocycles. The number of aryl methyl sites for hydroxylation is 1. The van der Waals surface area contributed by atoms with Crippen LogP contribution in [0.2, 0.25) is 0 Å². The topological polar surface area (TPSA) is 17.1 Å². The Balaban J connectivity index is 1.88. The van der Waals surface area contributed by atoms with Crippen molar-refractivity contribution >= 4 is 21.6 Å². The van der Waals surface area contributed by atoms with Crippen LogP contribution in [0.25, 0.3) is 10.8 Å². The molecule has 0 saturated carbocycles. The lowest BCUT2D eigenvalue weighted by Crippen LogP contribution is -1.96. The van der Waals surface area contributed by atoms with Gasteiger partial charge < -0.3 is 0 Å². The largest absolute Gasteiger partial charge is 0.254 e. The first-order valence-corrected chi connectivity index (χ1v) is 7.97. The lowest BCUT2D eigenvalue weighted by molar-refractivity contribution is 0.682. The molecule has 3 aromatic carbocycles. The van der Waals surface area contributed by atoms with Crippen molar-refractivity contribution in [1.82, 2.24) is 0 Å². The van der Waals surface area contributed by atoms with E-state index < -0.39 is 10.8 Å². The SMILES string of the molecule is Cc1cccc(CS(=O)c2ccc3ccccc3c2)c1. The van der Waals surface area contributed by atoms with Crippen LogP contribution >= 0.6 is 0 Å². The van der Waals surface area contributed by atoms with E-state index in [9.17, 15) is 4.21 Å². The smallest absolute Gasteiger partial charge is 0.0574 e. The van der Waals surface area contributed by atoms with Gasteiger partial charge in [-0.05, 0) is 35.4 Å². The molecular weight excluding hydrogens is 264 g/mol. The zero-order valence-corrected chi connectivity index (χ0v) is 12.2. The van der Waals surface area contributed by atoms with Crippen molar-refractivity contribution in [2.24, 2.45) is 0 Å². The molecule has 1 atom stereocenters. The minimum Gasteiger partial charge on any atom is -0.254 e. The van der Waals surface area contributed by atoms with Crippen LogP contribution in [0.1, 0.15) is 11.1 Å². The van der Waals surface area contributed by atoms with E-state index in [0.29, 0.717) is 5.75 Å². The molecule has 0 saturated heterocycles. The molecule has 0 amide bonds. The average molecular weight is 280 g/mol. The van der Waals surface area contributed by atoms with E-state index in [1.807, 2.05) is 42.5 Å². The average Bonchev–Trinajstić information content (AvgIpc) is 2.47. The monoisotopic (exact) mass is 280 g/mol. The molecule has 0 aliphatic carbocycles. The Morgan fingerprint density at radius 2 is 1.65 bits per heavy atom. The van der Waals surface area contributed by atoms with Crippen molar-refractivity contribution < 1.29 is 4.21 Å². The van der Waals surface area contributed by atoms with Crippen molar-refractivity contribution in [2.45, 2.75) is 17.6 Å². The highest BCUT2D eigenvalue weighted by Gasteiger charge is 2.06. The van der Waals surface area contributed by atoms with Gasteiger partial charge in [0.05, 0.1) is 16.6 Å². The van der Waals surface area contributed by atoms with Gasteiger partial charge in [0.1, 0.15) is 0 Å². The van der Waals surface area contributed by atoms with Crippen molar-refractivity contribution in [3.8, 4) is 0 Å². The van der Waals surface area contributed by atoms with Gasteiger partial charge in [0.25, 0.3) is 0 Å². The second kappa shape index (κ2) is 5.59. The van der Waals surface area contributed by atoms with E-state index in [1.54, 1.807) is 0 Å². The lowest BCUT2D eigenvalue weighted by atomic mass is 10.1. The molecule has 0 radical (unpaired) electrons. The molecule has 20 heavy (non-hydrogen) atoms. The molecular formula is C18H16OS. The molecule has 100 valence electrons. The van der Waals surface area contributed by atoms with Gasteiger partial charge in [-0.15, -0.1) is 0 Å². The first kappa shape index (κ1) is 13.1. The van der Waals surface area contributed by atoms with Crippen LogP contribution in [0.15, 0.2) is 71.6 Å². The molecule has 3 rings (SSSR count). The first-order valence-electron chi connectivity index (χ1n) is 6.65. The highest BCUT2D eigenvalue weighted by atomic mass is 32.2. The standard InChI is InChI=1S/C18H16OS/c1-14-5-4-6-15(11-14)13-20(19)18-10-9-16-7-2-3-8-17(16)12-18/h2-12H,13H2,1H3. The first-order chi connectivity index (χ1) is 9.72. The van der Waals surface area contributed by atoms with Gasteiger partial charge in [-0.1, -0.05) is 60.2 Å². The summed E-state index contributed by atoms with van der Waals surface area (Å²) in [4.78, 5) is 0.894. The molecule has 3 aromatic rings. The van der Waals surface area contributed by atoms with Crippen LogP contribution in [0.5, 0.6) is 0 Å². The number of benzene rings is 3. The predicted octanol–water partition coefficient (Wildman–Crippen LogP) is 4.46. The zero-order chi connectivity index (χ0) is 13.9. The fourth-order valence-corrected chi connectivity index (χ4v) is 3.47. The molecule has 0 N–H and O–H groups in total. The molecule has 0 heterocycles. The summed E-state index contributed by atoms with van der Waals surface area (Å²) in [6.07, 6.45) is 0. The second-order valence-corrected chi connectivity index (χ2v) is 6.44. The quantitative estimate of drug-likeness (QED) is 0.692. The van der Waals surface area contributed by atoms with E-state index in [-0.39, 0.29) is 0 Å². The van der Waals surface area contributed by atoms with Crippen LogP contribution in [0.4, 0.5) is 0 Å². The Morgan fingerprint density at radius 3 is 2.45 bits per heavy atom. The third-order valence-electron chi connectivity index (χ3n) is 3.36. The number of rotatable bonds is 3. The predicted molar refractivity (Wildman–Crippen MR) is 85.2 cm³/mol. The summed E-state index contributed by atoms with van der Waals surface area (Å²) in [5, 5.41) is 2.33. The Kier molecular flexibility index (Phi) is 3.66. The Hall–Kier alpha value is -1.93. The Labute approximate surface area is 121 Å². The molecule has 0 aromatic heterocycles. The fourth-order valence-electron chi connectivity index (χ4n) is 2.35. The third kappa shape index (κ3) is 2.81. The molecule has 2 heteroatoms. The van der Waals surface area contributed by atoms with E-state index in [1.165, 1.54) is 10.9 Å². The molecule has 1 unspecified atom stereocenters. The van der Waals surface area contributed by atoms with E-state index in [0.717, 1.165) is 15.8 Å². The van der Waals surface area contributed by atoms with Gasteiger partial charge in [0.2, 0.25) is 0 Å².